The molecule has 3 aromatic rings. The maximum atomic E-state index is 6.02. The molecular formula is C14H8Cl2IN3. The zero-order valence-corrected chi connectivity index (χ0v) is 13.7. The summed E-state index contributed by atoms with van der Waals surface area (Å²) in [5.41, 5.74) is 1.72. The summed E-state index contributed by atoms with van der Waals surface area (Å²) in [5, 5.41) is 5.24. The summed E-state index contributed by atoms with van der Waals surface area (Å²) in [6.07, 6.45) is 1.54. The van der Waals surface area contributed by atoms with Gasteiger partial charge in [0.25, 0.3) is 0 Å². The molecule has 0 aliphatic rings. The van der Waals surface area contributed by atoms with Crippen LogP contribution in [0.5, 0.6) is 0 Å². The fourth-order valence-electron chi connectivity index (χ4n) is 1.84. The smallest absolute Gasteiger partial charge is 0.141 e. The number of anilines is 2. The van der Waals surface area contributed by atoms with Gasteiger partial charge in [0.2, 0.25) is 0 Å². The standard InChI is InChI=1S/C14H8Cl2IN3/c15-11-3-2-9(6-12(11)16)20-14-10-5-8(17)1-4-13(10)18-7-19-14/h1-7H,(H,18,19,20). The quantitative estimate of drug-likeness (QED) is 0.578. The molecule has 0 unspecified atom stereocenters. The number of hydrogen-bond donors (Lipinski definition) is 1. The maximum absolute atomic E-state index is 6.02. The summed E-state index contributed by atoms with van der Waals surface area (Å²) in [5.74, 6) is 0.743. The van der Waals surface area contributed by atoms with Crippen molar-refractivity contribution in [2.75, 3.05) is 5.32 Å². The lowest BCUT2D eigenvalue weighted by Gasteiger charge is -2.09. The first-order chi connectivity index (χ1) is 9.63. The van der Waals surface area contributed by atoms with Gasteiger partial charge >= 0.3 is 0 Å². The van der Waals surface area contributed by atoms with Gasteiger partial charge in [0.1, 0.15) is 12.1 Å². The second-order valence-electron chi connectivity index (χ2n) is 4.14. The molecule has 0 amide bonds. The Balaban J connectivity index is 2.05. The molecule has 0 fully saturated rings. The minimum atomic E-state index is 0.504. The second-order valence-corrected chi connectivity index (χ2v) is 6.20. The first kappa shape index (κ1) is 13.9. The van der Waals surface area contributed by atoms with Gasteiger partial charge in [-0.3, -0.25) is 0 Å². The van der Waals surface area contributed by atoms with E-state index in [4.69, 9.17) is 23.2 Å². The summed E-state index contributed by atoms with van der Waals surface area (Å²) in [6.45, 7) is 0. The van der Waals surface area contributed by atoms with Crippen LogP contribution in [-0.4, -0.2) is 9.97 Å². The highest BCUT2D eigenvalue weighted by Gasteiger charge is 2.06. The Labute approximate surface area is 139 Å². The summed E-state index contributed by atoms with van der Waals surface area (Å²) in [4.78, 5) is 8.55. The molecule has 0 saturated carbocycles. The lowest BCUT2D eigenvalue weighted by atomic mass is 10.2. The fourth-order valence-corrected chi connectivity index (χ4v) is 2.63. The van der Waals surface area contributed by atoms with Gasteiger partial charge in [0, 0.05) is 14.6 Å². The maximum Gasteiger partial charge on any atom is 0.141 e. The first-order valence-corrected chi connectivity index (χ1v) is 7.59. The molecule has 0 aliphatic heterocycles. The Kier molecular flexibility index (Phi) is 3.96. The molecule has 1 N–H and O–H groups in total. The van der Waals surface area contributed by atoms with Crippen molar-refractivity contribution in [1.29, 1.82) is 0 Å². The number of nitrogens with zero attached hydrogens (tertiary/aromatic N) is 2. The van der Waals surface area contributed by atoms with Crippen LogP contribution in [0.25, 0.3) is 10.9 Å². The van der Waals surface area contributed by atoms with Gasteiger partial charge in [-0.25, -0.2) is 9.97 Å². The van der Waals surface area contributed by atoms with Crippen molar-refractivity contribution in [3.63, 3.8) is 0 Å². The van der Waals surface area contributed by atoms with Gasteiger partial charge in [-0.15, -0.1) is 0 Å². The molecule has 3 rings (SSSR count). The Morgan fingerprint density at radius 1 is 0.950 bits per heavy atom. The third-order valence-corrected chi connectivity index (χ3v) is 4.19. The minimum Gasteiger partial charge on any atom is -0.340 e. The number of fused-ring (bicyclic) bond motifs is 1. The van der Waals surface area contributed by atoms with E-state index in [1.54, 1.807) is 12.1 Å². The molecule has 0 radical (unpaired) electrons. The van der Waals surface area contributed by atoms with E-state index in [0.717, 1.165) is 26.0 Å². The largest absolute Gasteiger partial charge is 0.340 e. The van der Waals surface area contributed by atoms with Crippen molar-refractivity contribution >= 4 is 68.2 Å². The molecule has 0 saturated heterocycles. The summed E-state index contributed by atoms with van der Waals surface area (Å²) < 4.78 is 1.13. The lowest BCUT2D eigenvalue weighted by molar-refractivity contribution is 1.22. The van der Waals surface area contributed by atoms with E-state index in [1.165, 1.54) is 6.33 Å². The Morgan fingerprint density at radius 3 is 2.60 bits per heavy atom. The third-order valence-electron chi connectivity index (χ3n) is 2.78. The zero-order chi connectivity index (χ0) is 14.1. The van der Waals surface area contributed by atoms with Crippen molar-refractivity contribution in [1.82, 2.24) is 9.97 Å². The van der Waals surface area contributed by atoms with Crippen LogP contribution in [0.2, 0.25) is 10.0 Å². The lowest BCUT2D eigenvalue weighted by Crippen LogP contribution is -1.96. The average Bonchev–Trinajstić information content (AvgIpc) is 2.44. The van der Waals surface area contributed by atoms with Crippen LogP contribution >= 0.6 is 45.8 Å². The zero-order valence-electron chi connectivity index (χ0n) is 10.1. The number of halogens is 3. The number of hydrogen-bond acceptors (Lipinski definition) is 3. The summed E-state index contributed by atoms with van der Waals surface area (Å²) in [6, 6.07) is 11.4. The SMILES string of the molecule is Clc1ccc(Nc2ncnc3ccc(I)cc23)cc1Cl. The van der Waals surface area contributed by atoms with E-state index < -0.39 is 0 Å². The molecule has 0 bridgehead atoms. The molecule has 3 nitrogen and oxygen atoms in total. The van der Waals surface area contributed by atoms with E-state index in [2.05, 4.69) is 37.9 Å². The van der Waals surface area contributed by atoms with Gasteiger partial charge in [0.15, 0.2) is 0 Å². The van der Waals surface area contributed by atoms with Gasteiger partial charge in [-0.05, 0) is 59.0 Å². The monoisotopic (exact) mass is 415 g/mol. The third kappa shape index (κ3) is 2.82. The average molecular weight is 416 g/mol. The number of nitrogens with one attached hydrogen (secondary N) is 1. The molecule has 0 spiro atoms. The van der Waals surface area contributed by atoms with Crippen molar-refractivity contribution in [2.45, 2.75) is 0 Å². The molecule has 0 atom stereocenters. The highest BCUT2D eigenvalue weighted by Crippen LogP contribution is 2.29. The topological polar surface area (TPSA) is 37.8 Å². The molecule has 100 valence electrons. The van der Waals surface area contributed by atoms with Crippen LogP contribution in [0.4, 0.5) is 11.5 Å². The minimum absolute atomic E-state index is 0.504. The summed E-state index contributed by atoms with van der Waals surface area (Å²) in [7, 11) is 0. The van der Waals surface area contributed by atoms with Crippen molar-refractivity contribution < 1.29 is 0 Å². The van der Waals surface area contributed by atoms with Crippen LogP contribution in [0.1, 0.15) is 0 Å². The van der Waals surface area contributed by atoms with Gasteiger partial charge in [-0.1, -0.05) is 23.2 Å². The highest BCUT2D eigenvalue weighted by molar-refractivity contribution is 14.1. The molecule has 20 heavy (non-hydrogen) atoms. The molecule has 6 heteroatoms. The van der Waals surface area contributed by atoms with Crippen LogP contribution in [0.3, 0.4) is 0 Å². The predicted octanol–water partition coefficient (Wildman–Crippen LogP) is 5.28. The number of benzene rings is 2. The molecule has 2 aromatic carbocycles. The van der Waals surface area contributed by atoms with Gasteiger partial charge < -0.3 is 5.32 Å². The Hall–Kier alpha value is -1.11. The van der Waals surface area contributed by atoms with Crippen molar-refractivity contribution in [3.05, 3.63) is 56.3 Å². The highest BCUT2D eigenvalue weighted by atomic mass is 127. The van der Waals surface area contributed by atoms with Crippen LogP contribution in [-0.2, 0) is 0 Å². The van der Waals surface area contributed by atoms with Crippen LogP contribution < -0.4 is 5.32 Å². The van der Waals surface area contributed by atoms with Gasteiger partial charge in [0.05, 0.1) is 15.6 Å². The van der Waals surface area contributed by atoms with E-state index in [0.29, 0.717) is 10.0 Å². The van der Waals surface area contributed by atoms with Crippen molar-refractivity contribution in [2.24, 2.45) is 0 Å². The molecule has 1 heterocycles. The normalized spacial score (nSPS) is 10.8. The Bertz CT molecular complexity index is 792. The number of rotatable bonds is 2. The van der Waals surface area contributed by atoms with Crippen LogP contribution in [0.15, 0.2) is 42.7 Å². The molecular weight excluding hydrogens is 408 g/mol. The first-order valence-electron chi connectivity index (χ1n) is 5.76. The molecule has 0 aliphatic carbocycles. The van der Waals surface area contributed by atoms with Crippen LogP contribution in [0, 0.1) is 3.57 Å². The Morgan fingerprint density at radius 2 is 1.80 bits per heavy atom. The fraction of sp³-hybridized carbons (Fsp3) is 0. The second kappa shape index (κ2) is 5.71. The van der Waals surface area contributed by atoms with Crippen molar-refractivity contribution in [3.8, 4) is 0 Å². The van der Waals surface area contributed by atoms with E-state index in [1.807, 2.05) is 24.3 Å². The summed E-state index contributed by atoms with van der Waals surface area (Å²) >= 11 is 14.2. The molecule has 1 aromatic heterocycles. The predicted molar refractivity (Wildman–Crippen MR) is 92.0 cm³/mol. The van der Waals surface area contributed by atoms with E-state index in [-0.39, 0.29) is 0 Å². The van der Waals surface area contributed by atoms with E-state index in [9.17, 15) is 0 Å². The number of aromatic nitrogens is 2. The van der Waals surface area contributed by atoms with E-state index >= 15 is 0 Å². The van der Waals surface area contributed by atoms with Gasteiger partial charge in [-0.2, -0.15) is 0 Å².